The summed E-state index contributed by atoms with van der Waals surface area (Å²) in [6, 6.07) is 15.3. The Kier molecular flexibility index (Phi) is 8.12. The summed E-state index contributed by atoms with van der Waals surface area (Å²) < 4.78 is 32.0. The number of fused-ring (bicyclic) bond motifs is 1. The van der Waals surface area contributed by atoms with Crippen molar-refractivity contribution in [1.29, 1.82) is 0 Å². The molecule has 12 heteroatoms. The van der Waals surface area contributed by atoms with Crippen LogP contribution < -0.4 is 5.32 Å². The Hall–Kier alpha value is -3.60. The Morgan fingerprint density at radius 1 is 1.02 bits per heavy atom. The van der Waals surface area contributed by atoms with E-state index in [1.807, 2.05) is 10.9 Å². The summed E-state index contributed by atoms with van der Waals surface area (Å²) in [4.78, 5) is 17.9. The largest absolute Gasteiger partial charge is 0.386 e. The first kappa shape index (κ1) is 31.4. The predicted molar refractivity (Wildman–Crippen MR) is 170 cm³/mol. The lowest BCUT2D eigenvalue weighted by Crippen LogP contribution is -2.42. The lowest BCUT2D eigenvalue weighted by molar-refractivity contribution is 0.0625. The lowest BCUT2D eigenvalue weighted by atomic mass is 9.86. The molecule has 6 rings (SSSR count). The average molecular weight is 672 g/mol. The number of benzene rings is 3. The molecule has 3 N–H and O–H groups in total. The number of aromatic nitrogens is 3. The highest BCUT2D eigenvalue weighted by Crippen LogP contribution is 2.41. The molecule has 232 valence electrons. The minimum absolute atomic E-state index is 0.0537. The number of nitrogens with zero attached hydrogens (tertiary/aromatic N) is 3. The zero-order valence-corrected chi connectivity index (χ0v) is 26.4. The lowest BCUT2D eigenvalue weighted by Gasteiger charge is -2.31. The molecule has 1 aliphatic rings. The van der Waals surface area contributed by atoms with E-state index in [1.54, 1.807) is 36.4 Å². The Labute approximate surface area is 272 Å². The van der Waals surface area contributed by atoms with E-state index in [0.29, 0.717) is 27.5 Å². The van der Waals surface area contributed by atoms with Crippen LogP contribution in [0, 0.1) is 11.6 Å². The molecular weight excluding hydrogens is 645 g/mol. The van der Waals surface area contributed by atoms with E-state index >= 15 is 4.39 Å². The van der Waals surface area contributed by atoms with Crippen LogP contribution in [0.15, 0.2) is 66.9 Å². The van der Waals surface area contributed by atoms with Gasteiger partial charge in [0.15, 0.2) is 5.82 Å². The molecule has 1 aliphatic carbocycles. The number of aliphatic hydroxyl groups is 2. The molecular formula is C33H27Cl3F2N4O3. The van der Waals surface area contributed by atoms with Gasteiger partial charge in [-0.25, -0.2) is 13.8 Å². The number of amides is 1. The summed E-state index contributed by atoms with van der Waals surface area (Å²) in [5.41, 5.74) is -3.39. The van der Waals surface area contributed by atoms with Crippen LogP contribution >= 0.6 is 34.8 Å². The first-order valence-electron chi connectivity index (χ1n) is 14.1. The molecule has 5 aromatic rings. The van der Waals surface area contributed by atoms with Crippen molar-refractivity contribution >= 4 is 51.6 Å². The third-order valence-electron chi connectivity index (χ3n) is 7.85. The molecule has 7 nitrogen and oxygen atoms in total. The van der Waals surface area contributed by atoms with Crippen LogP contribution in [-0.4, -0.2) is 37.4 Å². The van der Waals surface area contributed by atoms with Gasteiger partial charge in [-0.15, -0.1) is 0 Å². The molecule has 0 bridgehead atoms. The van der Waals surface area contributed by atoms with Crippen molar-refractivity contribution in [1.82, 2.24) is 20.1 Å². The first-order valence-corrected chi connectivity index (χ1v) is 15.2. The summed E-state index contributed by atoms with van der Waals surface area (Å²) in [6.07, 6.45) is 3.92. The van der Waals surface area contributed by atoms with Crippen molar-refractivity contribution < 1.29 is 23.8 Å². The molecule has 2 aromatic heterocycles. The Morgan fingerprint density at radius 2 is 1.73 bits per heavy atom. The van der Waals surface area contributed by atoms with Crippen molar-refractivity contribution in [2.75, 3.05) is 6.54 Å². The second-order valence-electron chi connectivity index (χ2n) is 11.6. The minimum atomic E-state index is -2.04. The molecule has 2 heterocycles. The van der Waals surface area contributed by atoms with Gasteiger partial charge in [0.2, 0.25) is 0 Å². The highest BCUT2D eigenvalue weighted by Gasteiger charge is 2.38. The van der Waals surface area contributed by atoms with E-state index in [4.69, 9.17) is 34.8 Å². The topological polar surface area (TPSA) is 100 Å². The number of halogens is 5. The summed E-state index contributed by atoms with van der Waals surface area (Å²) in [6.45, 7) is 2.33. The summed E-state index contributed by atoms with van der Waals surface area (Å²) >= 11 is 18.8. The highest BCUT2D eigenvalue weighted by atomic mass is 35.5. The number of nitrogens with one attached hydrogen (secondary N) is 1. The average Bonchev–Trinajstić information content (AvgIpc) is 3.77. The molecule has 0 radical (unpaired) electrons. The maximum absolute atomic E-state index is 16.0. The molecule has 0 unspecified atom stereocenters. The van der Waals surface area contributed by atoms with Crippen molar-refractivity contribution in [2.24, 2.45) is 0 Å². The number of carbonyl (C=O) groups is 1. The Bertz CT molecular complexity index is 1960. The van der Waals surface area contributed by atoms with Crippen LogP contribution in [0.3, 0.4) is 0 Å². The molecule has 0 spiro atoms. The third-order valence-corrected chi connectivity index (χ3v) is 9.00. The zero-order chi connectivity index (χ0) is 32.3. The highest BCUT2D eigenvalue weighted by molar-refractivity contribution is 6.43. The van der Waals surface area contributed by atoms with E-state index in [-0.39, 0.29) is 33.1 Å². The molecule has 1 atom stereocenters. The minimum Gasteiger partial charge on any atom is -0.386 e. The fourth-order valence-electron chi connectivity index (χ4n) is 5.21. The second kappa shape index (κ2) is 11.6. The molecule has 45 heavy (non-hydrogen) atoms. The summed E-state index contributed by atoms with van der Waals surface area (Å²) in [7, 11) is 0. The normalized spacial score (nSPS) is 14.9. The second-order valence-corrected chi connectivity index (χ2v) is 12.8. The Morgan fingerprint density at radius 3 is 2.40 bits per heavy atom. The van der Waals surface area contributed by atoms with E-state index < -0.39 is 40.3 Å². The van der Waals surface area contributed by atoms with Crippen LogP contribution in [0.4, 0.5) is 8.78 Å². The van der Waals surface area contributed by atoms with Gasteiger partial charge in [-0.1, -0.05) is 65.1 Å². The summed E-state index contributed by atoms with van der Waals surface area (Å²) in [5, 5.41) is 30.8. The third kappa shape index (κ3) is 5.91. The molecule has 0 aliphatic heterocycles. The van der Waals surface area contributed by atoms with E-state index in [9.17, 15) is 19.4 Å². The fraction of sp³-hybridized carbons (Fsp3) is 0.242. The molecule has 1 fully saturated rings. The quantitative estimate of drug-likeness (QED) is 0.148. The van der Waals surface area contributed by atoms with Gasteiger partial charge < -0.3 is 15.5 Å². The fourth-order valence-corrected chi connectivity index (χ4v) is 5.88. The SMILES string of the molecule is CC(C)(O)c1cc([C@@](O)(CNC(=O)c2cc(Cl)c3nn(C4CC4)cc3c2)c2ccccc2)nc(-c2ccc(F)c(Cl)c2Cl)c1F. The van der Waals surface area contributed by atoms with Crippen LogP contribution in [-0.2, 0) is 11.2 Å². The number of hydrogen-bond donors (Lipinski definition) is 3. The van der Waals surface area contributed by atoms with Gasteiger partial charge in [0.1, 0.15) is 22.6 Å². The molecule has 3 aromatic carbocycles. The van der Waals surface area contributed by atoms with E-state index in [0.717, 1.165) is 18.9 Å². The monoisotopic (exact) mass is 670 g/mol. The van der Waals surface area contributed by atoms with Gasteiger partial charge in [0.25, 0.3) is 5.91 Å². The van der Waals surface area contributed by atoms with Gasteiger partial charge in [-0.05, 0) is 62.6 Å². The molecule has 1 amide bonds. The Balaban J connectivity index is 1.44. The maximum Gasteiger partial charge on any atom is 0.251 e. The van der Waals surface area contributed by atoms with Crippen LogP contribution in [0.25, 0.3) is 22.2 Å². The van der Waals surface area contributed by atoms with Crippen molar-refractivity contribution in [3.05, 3.63) is 116 Å². The van der Waals surface area contributed by atoms with Gasteiger partial charge in [-0.2, -0.15) is 5.10 Å². The standard InChI is InChI=1S/C33H27Cl3F2N4O3/c1-32(2,44)22-14-25(40-30(28(22)38)21-10-11-24(37)27(36)26(21)35)33(45,19-6-4-3-5-7-19)16-39-31(43)17-12-18-15-42(20-8-9-20)41-29(18)23(34)13-17/h3-7,10-15,20,44-45H,8-9,16H2,1-2H3,(H,39,43)/t33-/m1/s1. The van der Waals surface area contributed by atoms with Crippen LogP contribution in [0.5, 0.6) is 0 Å². The van der Waals surface area contributed by atoms with Gasteiger partial charge >= 0.3 is 0 Å². The van der Waals surface area contributed by atoms with Crippen molar-refractivity contribution in [3.63, 3.8) is 0 Å². The van der Waals surface area contributed by atoms with Gasteiger partial charge in [-0.3, -0.25) is 9.48 Å². The van der Waals surface area contributed by atoms with E-state index in [1.165, 1.54) is 32.0 Å². The number of carbonyl (C=O) groups excluding carboxylic acids is 1. The van der Waals surface area contributed by atoms with Crippen LogP contribution in [0.2, 0.25) is 15.1 Å². The zero-order valence-electron chi connectivity index (χ0n) is 24.1. The van der Waals surface area contributed by atoms with Gasteiger partial charge in [0.05, 0.1) is 38.9 Å². The molecule has 1 saturated carbocycles. The predicted octanol–water partition coefficient (Wildman–Crippen LogP) is 7.56. The molecule has 0 saturated heterocycles. The number of pyridine rings is 1. The van der Waals surface area contributed by atoms with E-state index in [2.05, 4.69) is 15.4 Å². The van der Waals surface area contributed by atoms with Crippen molar-refractivity contribution in [2.45, 2.75) is 43.9 Å². The van der Waals surface area contributed by atoms with Crippen LogP contribution in [0.1, 0.15) is 59.9 Å². The maximum atomic E-state index is 16.0. The number of hydrogen-bond acceptors (Lipinski definition) is 5. The summed E-state index contributed by atoms with van der Waals surface area (Å²) in [5.74, 6) is -2.29. The smallest absolute Gasteiger partial charge is 0.251 e. The van der Waals surface area contributed by atoms with Gasteiger partial charge in [0, 0.05) is 28.3 Å². The first-order chi connectivity index (χ1) is 21.3. The number of rotatable bonds is 8. The van der Waals surface area contributed by atoms with Crippen molar-refractivity contribution in [3.8, 4) is 11.3 Å².